The highest BCUT2D eigenvalue weighted by atomic mass is 35.5. The number of hydrogen-bond donors (Lipinski definition) is 0. The Bertz CT molecular complexity index is 412. The van der Waals surface area contributed by atoms with Crippen LogP contribution in [0, 0.1) is 6.07 Å². The van der Waals surface area contributed by atoms with Crippen LogP contribution in [0.1, 0.15) is 0 Å². The van der Waals surface area contributed by atoms with Gasteiger partial charge in [-0.25, -0.2) is 0 Å². The summed E-state index contributed by atoms with van der Waals surface area (Å²) in [6, 6.07) is 18.8. The summed E-state index contributed by atoms with van der Waals surface area (Å²) in [5.41, 5.74) is 0. The van der Waals surface area contributed by atoms with Crippen molar-refractivity contribution < 1.29 is 0 Å². The molecule has 14 heavy (non-hydrogen) atoms. The van der Waals surface area contributed by atoms with Crippen molar-refractivity contribution in [3.63, 3.8) is 0 Å². The van der Waals surface area contributed by atoms with Crippen molar-refractivity contribution in [2.24, 2.45) is 0 Å². The minimum Gasteiger partial charge on any atom is -0.0885 e. The molecular formula is C12H8ClS. The summed E-state index contributed by atoms with van der Waals surface area (Å²) in [7, 11) is 0. The van der Waals surface area contributed by atoms with Crippen LogP contribution in [0.2, 0.25) is 5.02 Å². The summed E-state index contributed by atoms with van der Waals surface area (Å²) in [6.07, 6.45) is 0. The van der Waals surface area contributed by atoms with Crippen LogP contribution in [0.3, 0.4) is 0 Å². The van der Waals surface area contributed by atoms with Gasteiger partial charge in [-0.2, -0.15) is 0 Å². The van der Waals surface area contributed by atoms with Gasteiger partial charge in [0, 0.05) is 9.79 Å². The Hall–Kier alpha value is -0.920. The Labute approximate surface area is 92.9 Å². The Morgan fingerprint density at radius 1 is 1.07 bits per heavy atom. The Morgan fingerprint density at radius 3 is 2.57 bits per heavy atom. The Balaban J connectivity index is 2.24. The molecule has 0 saturated carbocycles. The van der Waals surface area contributed by atoms with Gasteiger partial charge >= 0.3 is 0 Å². The summed E-state index contributed by atoms with van der Waals surface area (Å²) in [5, 5.41) is 0.776. The monoisotopic (exact) mass is 219 g/mol. The van der Waals surface area contributed by atoms with Gasteiger partial charge in [-0.05, 0) is 30.3 Å². The van der Waals surface area contributed by atoms with Crippen LogP contribution in [-0.2, 0) is 0 Å². The van der Waals surface area contributed by atoms with Crippen LogP contribution in [0.5, 0.6) is 0 Å². The molecule has 2 aromatic rings. The highest BCUT2D eigenvalue weighted by Crippen LogP contribution is 2.32. The number of hydrogen-bond acceptors (Lipinski definition) is 1. The summed E-state index contributed by atoms with van der Waals surface area (Å²) < 4.78 is 0. The van der Waals surface area contributed by atoms with Crippen molar-refractivity contribution >= 4 is 23.4 Å². The molecule has 0 unspecified atom stereocenters. The Kier molecular flexibility index (Phi) is 3.12. The smallest absolute Gasteiger partial charge is 0.0545 e. The van der Waals surface area contributed by atoms with Gasteiger partial charge in [-0.15, -0.1) is 0 Å². The molecule has 2 aromatic carbocycles. The third kappa shape index (κ3) is 2.31. The molecule has 0 aliphatic carbocycles. The molecule has 69 valence electrons. The molecule has 0 N–H and O–H groups in total. The average molecular weight is 220 g/mol. The maximum atomic E-state index is 6.03. The molecule has 0 aliphatic heterocycles. The lowest BCUT2D eigenvalue weighted by atomic mass is 10.4. The quantitative estimate of drug-likeness (QED) is 0.726. The minimum atomic E-state index is 0.776. The molecule has 0 atom stereocenters. The van der Waals surface area contributed by atoms with Crippen LogP contribution >= 0.6 is 23.4 Å². The predicted molar refractivity (Wildman–Crippen MR) is 60.9 cm³/mol. The summed E-state index contributed by atoms with van der Waals surface area (Å²) in [5.74, 6) is 0. The van der Waals surface area contributed by atoms with E-state index in [4.69, 9.17) is 11.6 Å². The minimum absolute atomic E-state index is 0.776. The fourth-order valence-corrected chi connectivity index (χ4v) is 2.16. The molecule has 0 aromatic heterocycles. The van der Waals surface area contributed by atoms with Crippen molar-refractivity contribution in [3.05, 3.63) is 59.6 Å². The first kappa shape index (κ1) is 9.63. The number of halogens is 1. The fourth-order valence-electron chi connectivity index (χ4n) is 1.09. The average Bonchev–Trinajstić information content (AvgIpc) is 2.23. The zero-order chi connectivity index (χ0) is 9.80. The van der Waals surface area contributed by atoms with E-state index in [0.29, 0.717) is 0 Å². The van der Waals surface area contributed by atoms with Crippen molar-refractivity contribution in [2.45, 2.75) is 9.79 Å². The van der Waals surface area contributed by atoms with Crippen molar-refractivity contribution in [1.82, 2.24) is 0 Å². The van der Waals surface area contributed by atoms with Crippen LogP contribution in [0.4, 0.5) is 0 Å². The molecule has 0 saturated heterocycles. The lowest BCUT2D eigenvalue weighted by molar-refractivity contribution is 1.40. The zero-order valence-corrected chi connectivity index (χ0v) is 8.98. The van der Waals surface area contributed by atoms with Crippen LogP contribution < -0.4 is 0 Å². The van der Waals surface area contributed by atoms with Gasteiger partial charge in [0.25, 0.3) is 0 Å². The third-order valence-corrected chi connectivity index (χ3v) is 3.25. The molecule has 2 heteroatoms. The van der Waals surface area contributed by atoms with Crippen molar-refractivity contribution in [3.8, 4) is 0 Å². The maximum absolute atomic E-state index is 6.03. The van der Waals surface area contributed by atoms with E-state index in [1.54, 1.807) is 11.8 Å². The molecule has 2 rings (SSSR count). The molecule has 0 aliphatic rings. The second-order valence-electron chi connectivity index (χ2n) is 2.77. The lowest BCUT2D eigenvalue weighted by Crippen LogP contribution is -1.74. The Morgan fingerprint density at radius 2 is 1.86 bits per heavy atom. The van der Waals surface area contributed by atoms with Gasteiger partial charge in [-0.3, -0.25) is 0 Å². The number of rotatable bonds is 2. The first-order chi connectivity index (χ1) is 6.86. The SMILES string of the molecule is Clc1cc[c]cc1Sc1ccccc1. The molecule has 0 amide bonds. The second kappa shape index (κ2) is 4.54. The second-order valence-corrected chi connectivity index (χ2v) is 4.29. The van der Waals surface area contributed by atoms with Crippen LogP contribution in [0.25, 0.3) is 0 Å². The summed E-state index contributed by atoms with van der Waals surface area (Å²) >= 11 is 7.68. The van der Waals surface area contributed by atoms with E-state index < -0.39 is 0 Å². The maximum Gasteiger partial charge on any atom is 0.0545 e. The van der Waals surface area contributed by atoms with E-state index in [9.17, 15) is 0 Å². The zero-order valence-electron chi connectivity index (χ0n) is 7.41. The van der Waals surface area contributed by atoms with Gasteiger partial charge in [0.05, 0.1) is 5.02 Å². The summed E-state index contributed by atoms with van der Waals surface area (Å²) in [4.78, 5) is 2.23. The van der Waals surface area contributed by atoms with E-state index in [0.717, 1.165) is 9.92 Å². The van der Waals surface area contributed by atoms with Crippen LogP contribution in [-0.4, -0.2) is 0 Å². The highest BCUT2D eigenvalue weighted by molar-refractivity contribution is 7.99. The molecule has 0 fully saturated rings. The largest absolute Gasteiger partial charge is 0.0885 e. The van der Waals surface area contributed by atoms with E-state index in [1.807, 2.05) is 36.4 Å². The van der Waals surface area contributed by atoms with Crippen molar-refractivity contribution in [2.75, 3.05) is 0 Å². The van der Waals surface area contributed by atoms with Gasteiger partial charge in [0.1, 0.15) is 0 Å². The van der Waals surface area contributed by atoms with E-state index in [-0.39, 0.29) is 0 Å². The van der Waals surface area contributed by atoms with E-state index in [2.05, 4.69) is 18.2 Å². The third-order valence-electron chi connectivity index (χ3n) is 1.75. The van der Waals surface area contributed by atoms with Gasteiger partial charge in [-0.1, -0.05) is 47.6 Å². The van der Waals surface area contributed by atoms with Gasteiger partial charge < -0.3 is 0 Å². The molecule has 0 spiro atoms. The van der Waals surface area contributed by atoms with E-state index >= 15 is 0 Å². The topological polar surface area (TPSA) is 0 Å². The summed E-state index contributed by atoms with van der Waals surface area (Å²) in [6.45, 7) is 0. The lowest BCUT2D eigenvalue weighted by Gasteiger charge is -2.02. The first-order valence-corrected chi connectivity index (χ1v) is 5.44. The fraction of sp³-hybridized carbons (Fsp3) is 0. The standard InChI is InChI=1S/C12H8ClS/c13-11-8-4-5-9-12(11)14-10-6-2-1-3-7-10/h1-4,6-9H. The van der Waals surface area contributed by atoms with Crippen molar-refractivity contribution in [1.29, 1.82) is 0 Å². The molecule has 0 nitrogen and oxygen atoms in total. The first-order valence-electron chi connectivity index (χ1n) is 4.25. The highest BCUT2D eigenvalue weighted by Gasteiger charge is 2.00. The normalized spacial score (nSPS) is 10.1. The molecule has 0 bridgehead atoms. The molecule has 1 radical (unpaired) electrons. The molecular weight excluding hydrogens is 212 g/mol. The van der Waals surface area contributed by atoms with Crippen LogP contribution in [0.15, 0.2) is 58.3 Å². The van der Waals surface area contributed by atoms with Gasteiger partial charge in [0.2, 0.25) is 0 Å². The predicted octanol–water partition coefficient (Wildman–Crippen LogP) is 4.29. The molecule has 0 heterocycles. The number of benzene rings is 2. The van der Waals surface area contributed by atoms with Gasteiger partial charge in [0.15, 0.2) is 0 Å². The van der Waals surface area contributed by atoms with E-state index in [1.165, 1.54) is 4.90 Å².